The Kier molecular flexibility index (Phi) is 7.47. The largest absolute Gasteiger partial charge is 0.398 e. The zero-order valence-electron chi connectivity index (χ0n) is 17.1. The molecule has 10 heteroatoms. The number of nitrogens with zero attached hydrogens (tertiary/aromatic N) is 3. The highest BCUT2D eigenvalue weighted by Crippen LogP contribution is 2.27. The highest BCUT2D eigenvalue weighted by molar-refractivity contribution is 9.10. The van der Waals surface area contributed by atoms with E-state index < -0.39 is 5.91 Å². The van der Waals surface area contributed by atoms with E-state index in [0.717, 1.165) is 26.6 Å². The average Bonchev–Trinajstić information content (AvgIpc) is 3.46. The van der Waals surface area contributed by atoms with Crippen LogP contribution in [-0.2, 0) is 0 Å². The number of hydrogen-bond acceptors (Lipinski definition) is 5. The average molecular weight is 515 g/mol. The fourth-order valence-corrected chi connectivity index (χ4v) is 3.44. The van der Waals surface area contributed by atoms with Gasteiger partial charge in [0, 0.05) is 27.8 Å². The molecule has 5 aromatic rings. The lowest BCUT2D eigenvalue weighted by Gasteiger charge is -1.97. The van der Waals surface area contributed by atoms with Gasteiger partial charge in [0.25, 0.3) is 5.91 Å². The molecule has 3 heterocycles. The minimum atomic E-state index is -0.474. The molecule has 3 aromatic heterocycles. The lowest BCUT2D eigenvalue weighted by Crippen LogP contribution is -2.12. The summed E-state index contributed by atoms with van der Waals surface area (Å²) in [6.45, 7) is 0. The van der Waals surface area contributed by atoms with Crippen LogP contribution in [0, 0.1) is 0 Å². The Hall–Kier alpha value is -3.40. The number of H-pyrrole nitrogens is 1. The van der Waals surface area contributed by atoms with Gasteiger partial charge in [0.05, 0.1) is 33.7 Å². The van der Waals surface area contributed by atoms with Crippen LogP contribution in [-0.4, -0.2) is 32.5 Å². The lowest BCUT2D eigenvalue weighted by atomic mass is 10.2. The van der Waals surface area contributed by atoms with Crippen LogP contribution in [0.3, 0.4) is 0 Å². The topological polar surface area (TPSA) is 141 Å². The highest BCUT2D eigenvalue weighted by atomic mass is 79.9. The minimum absolute atomic E-state index is 0.422. The number of nitrogen functional groups attached to an aromatic ring is 1. The number of hydrogen-bond donors (Lipinski definition) is 4. The summed E-state index contributed by atoms with van der Waals surface area (Å²) in [7, 11) is 1.50. The molecule has 2 aromatic carbocycles. The minimum Gasteiger partial charge on any atom is -0.398 e. The normalized spacial score (nSPS) is 10.2. The molecule has 32 heavy (non-hydrogen) atoms. The Balaban J connectivity index is 0.000000189. The van der Waals surface area contributed by atoms with Crippen LogP contribution in [0.4, 0.5) is 5.69 Å². The van der Waals surface area contributed by atoms with E-state index in [1.165, 1.54) is 7.05 Å². The first-order valence-corrected chi connectivity index (χ1v) is 10.6. The van der Waals surface area contributed by atoms with Gasteiger partial charge in [-0.1, -0.05) is 39.7 Å². The predicted octanol–water partition coefficient (Wildman–Crippen LogP) is 4.24. The quantitative estimate of drug-likeness (QED) is 0.261. The number of primary amides is 1. The molecule has 0 aliphatic rings. The van der Waals surface area contributed by atoms with Crippen molar-refractivity contribution in [2.24, 2.45) is 11.5 Å². The Bertz CT molecular complexity index is 1360. The second kappa shape index (κ2) is 10.3. The zero-order valence-corrected chi connectivity index (χ0v) is 19.4. The van der Waals surface area contributed by atoms with Gasteiger partial charge in [0.2, 0.25) is 0 Å². The maximum atomic E-state index is 11.4. The number of benzene rings is 2. The van der Waals surface area contributed by atoms with Gasteiger partial charge in [-0.2, -0.15) is 5.10 Å². The molecule has 8 nitrogen and oxygen atoms in total. The van der Waals surface area contributed by atoms with Crippen LogP contribution < -0.4 is 17.2 Å². The van der Waals surface area contributed by atoms with E-state index in [1.54, 1.807) is 28.8 Å². The SMILES string of the molecule is CN.NC(=O)c1cccn2cc(-c3ccc(Br)cc3)nc12.Nc1ccc2[nH]ncc2c1Cl. The standard InChI is InChI=1S/C14H10BrN3O.C7H6ClN3.CH5N/c15-10-5-3-9(4-6-10)12-8-18-7-1-2-11(13(16)19)14(18)17-12;8-7-4-3-10-11-6(4)2-1-5(7)9;1-2/h1-8H,(H2,16,19);1-3H,9H2,(H,10,11);2H2,1H3. The van der Waals surface area contributed by atoms with Crippen LogP contribution >= 0.6 is 27.5 Å². The molecule has 0 aliphatic carbocycles. The third-order valence-corrected chi connectivity index (χ3v) is 5.43. The molecule has 0 atom stereocenters. The highest BCUT2D eigenvalue weighted by Gasteiger charge is 2.11. The van der Waals surface area contributed by atoms with Crippen LogP contribution in [0.25, 0.3) is 27.8 Å². The van der Waals surface area contributed by atoms with Crippen molar-refractivity contribution >= 4 is 55.7 Å². The van der Waals surface area contributed by atoms with Crippen LogP contribution in [0.5, 0.6) is 0 Å². The number of nitrogens with one attached hydrogen (secondary N) is 1. The number of nitrogens with two attached hydrogens (primary N) is 3. The summed E-state index contributed by atoms with van der Waals surface area (Å²) in [6.07, 6.45) is 5.39. The van der Waals surface area contributed by atoms with Gasteiger partial charge in [-0.15, -0.1) is 0 Å². The van der Waals surface area contributed by atoms with Gasteiger partial charge in [-0.3, -0.25) is 9.89 Å². The smallest absolute Gasteiger partial charge is 0.252 e. The van der Waals surface area contributed by atoms with Crippen molar-refractivity contribution < 1.29 is 4.79 Å². The summed E-state index contributed by atoms with van der Waals surface area (Å²) in [5.41, 5.74) is 19.7. The first-order valence-electron chi connectivity index (χ1n) is 9.42. The molecule has 0 radical (unpaired) electrons. The number of amides is 1. The maximum Gasteiger partial charge on any atom is 0.252 e. The number of aromatic nitrogens is 4. The van der Waals surface area contributed by atoms with Crippen LogP contribution in [0.1, 0.15) is 10.4 Å². The molecule has 0 saturated carbocycles. The molecule has 0 aliphatic heterocycles. The monoisotopic (exact) mass is 513 g/mol. The number of fused-ring (bicyclic) bond motifs is 2. The van der Waals surface area contributed by atoms with Gasteiger partial charge in [-0.25, -0.2) is 4.98 Å². The van der Waals surface area contributed by atoms with Crippen LogP contribution in [0.15, 0.2) is 71.6 Å². The molecule has 0 spiro atoms. The van der Waals surface area contributed by atoms with Gasteiger partial charge in [-0.05, 0) is 43.4 Å². The van der Waals surface area contributed by atoms with Crippen molar-refractivity contribution in [2.45, 2.75) is 0 Å². The molecule has 5 rings (SSSR count). The van der Waals surface area contributed by atoms with Crippen molar-refractivity contribution in [1.82, 2.24) is 19.6 Å². The summed E-state index contributed by atoms with van der Waals surface area (Å²) < 4.78 is 2.81. The van der Waals surface area contributed by atoms with E-state index >= 15 is 0 Å². The molecular weight excluding hydrogens is 494 g/mol. The molecular formula is C22H21BrClN7O. The predicted molar refractivity (Wildman–Crippen MR) is 132 cm³/mol. The number of imidazole rings is 1. The summed E-state index contributed by atoms with van der Waals surface area (Å²) in [4.78, 5) is 15.8. The van der Waals surface area contributed by atoms with Crippen molar-refractivity contribution in [2.75, 3.05) is 12.8 Å². The van der Waals surface area contributed by atoms with Crippen molar-refractivity contribution in [3.63, 3.8) is 0 Å². The summed E-state index contributed by atoms with van der Waals surface area (Å²) in [5.74, 6) is -0.474. The number of aromatic amines is 1. The number of carbonyl (C=O) groups is 1. The number of halogens is 2. The summed E-state index contributed by atoms with van der Waals surface area (Å²) in [5, 5.41) is 8.07. The zero-order chi connectivity index (χ0) is 23.3. The molecule has 1 amide bonds. The Labute approximate surface area is 197 Å². The van der Waals surface area contributed by atoms with Crippen molar-refractivity contribution in [1.29, 1.82) is 0 Å². The Morgan fingerprint density at radius 1 is 1.12 bits per heavy atom. The molecule has 0 saturated heterocycles. The van der Waals surface area contributed by atoms with Gasteiger partial charge in [0.15, 0.2) is 0 Å². The van der Waals surface area contributed by atoms with E-state index in [-0.39, 0.29) is 0 Å². The summed E-state index contributed by atoms with van der Waals surface area (Å²) in [6, 6.07) is 14.9. The molecule has 164 valence electrons. The Morgan fingerprint density at radius 2 is 1.84 bits per heavy atom. The molecule has 0 bridgehead atoms. The van der Waals surface area contributed by atoms with E-state index in [9.17, 15) is 4.79 Å². The van der Waals surface area contributed by atoms with Gasteiger partial charge in [0.1, 0.15) is 5.65 Å². The number of carbonyl (C=O) groups excluding carboxylic acids is 1. The Morgan fingerprint density at radius 3 is 2.53 bits per heavy atom. The molecule has 0 unspecified atom stereocenters. The fourth-order valence-electron chi connectivity index (χ4n) is 2.96. The van der Waals surface area contributed by atoms with Gasteiger partial charge < -0.3 is 21.6 Å². The van der Waals surface area contributed by atoms with E-state index in [4.69, 9.17) is 23.1 Å². The number of pyridine rings is 1. The second-order valence-electron chi connectivity index (χ2n) is 6.45. The van der Waals surface area contributed by atoms with E-state index in [2.05, 4.69) is 36.8 Å². The second-order valence-corrected chi connectivity index (χ2v) is 7.74. The number of anilines is 1. The van der Waals surface area contributed by atoms with Crippen molar-refractivity contribution in [3.8, 4) is 11.3 Å². The van der Waals surface area contributed by atoms with E-state index in [0.29, 0.717) is 21.9 Å². The third-order valence-electron chi connectivity index (χ3n) is 4.48. The van der Waals surface area contributed by atoms with E-state index in [1.807, 2.05) is 42.7 Å². The maximum absolute atomic E-state index is 11.4. The first-order chi connectivity index (χ1) is 15.4. The van der Waals surface area contributed by atoms with Crippen LogP contribution in [0.2, 0.25) is 5.02 Å². The number of rotatable bonds is 2. The lowest BCUT2D eigenvalue weighted by molar-refractivity contribution is 0.100. The first kappa shape index (κ1) is 23.3. The third kappa shape index (κ3) is 4.91. The molecule has 7 N–H and O–H groups in total. The van der Waals surface area contributed by atoms with Gasteiger partial charge >= 0.3 is 0 Å². The molecule has 0 fully saturated rings. The fraction of sp³-hybridized carbons (Fsp3) is 0.0455. The van der Waals surface area contributed by atoms with Crippen molar-refractivity contribution in [3.05, 3.63) is 82.2 Å². The summed E-state index contributed by atoms with van der Waals surface area (Å²) >= 11 is 9.28.